The molecule has 2 heteroatoms. The highest BCUT2D eigenvalue weighted by atomic mass is 79.9. The molecule has 0 fully saturated rings. The minimum absolute atomic E-state index is 1.07. The van der Waals surface area contributed by atoms with Gasteiger partial charge in [-0.25, -0.2) is 0 Å². The van der Waals surface area contributed by atoms with Crippen LogP contribution in [0.2, 0.25) is 0 Å². The Labute approximate surface area is 95.0 Å². The van der Waals surface area contributed by atoms with Crippen molar-refractivity contribution in [2.24, 2.45) is 0 Å². The quantitative estimate of drug-likeness (QED) is 0.772. The van der Waals surface area contributed by atoms with Gasteiger partial charge in [-0.05, 0) is 40.9 Å². The lowest BCUT2D eigenvalue weighted by Gasteiger charge is -2.10. The van der Waals surface area contributed by atoms with E-state index in [-0.39, 0.29) is 0 Å². The lowest BCUT2D eigenvalue weighted by atomic mass is 10.2. The summed E-state index contributed by atoms with van der Waals surface area (Å²) in [6, 6.07) is 6.28. The topological polar surface area (TPSA) is 12.0 Å². The number of benzene rings is 1. The fraction of sp³-hybridized carbons (Fsp3) is 0.500. The zero-order valence-electron chi connectivity index (χ0n) is 8.94. The predicted molar refractivity (Wildman–Crippen MR) is 66.9 cm³/mol. The molecule has 1 aromatic rings. The average molecular weight is 256 g/mol. The first-order chi connectivity index (χ1) is 6.75. The van der Waals surface area contributed by atoms with Crippen molar-refractivity contribution in [2.75, 3.05) is 11.9 Å². The molecule has 0 radical (unpaired) electrons. The number of hydrogen-bond donors (Lipinski definition) is 1. The fourth-order valence-corrected chi connectivity index (χ4v) is 2.05. The van der Waals surface area contributed by atoms with Crippen molar-refractivity contribution in [1.82, 2.24) is 0 Å². The van der Waals surface area contributed by atoms with Gasteiger partial charge in [-0.15, -0.1) is 0 Å². The number of anilines is 1. The van der Waals surface area contributed by atoms with Crippen molar-refractivity contribution in [3.63, 3.8) is 0 Å². The molecule has 0 heterocycles. The normalized spacial score (nSPS) is 10.2. The van der Waals surface area contributed by atoms with Gasteiger partial charge in [0.15, 0.2) is 0 Å². The number of aryl methyl sites for hydroxylation is 1. The molecule has 14 heavy (non-hydrogen) atoms. The molecular formula is C12H18BrN. The van der Waals surface area contributed by atoms with Gasteiger partial charge < -0.3 is 5.32 Å². The van der Waals surface area contributed by atoms with Crippen LogP contribution in [0.5, 0.6) is 0 Å². The Kier molecular flexibility index (Phi) is 5.02. The molecule has 0 saturated carbocycles. The molecule has 1 rings (SSSR count). The molecule has 78 valence electrons. The molecule has 1 nitrogen and oxygen atoms in total. The molecule has 0 aromatic heterocycles. The van der Waals surface area contributed by atoms with Crippen LogP contribution in [-0.4, -0.2) is 6.54 Å². The Morgan fingerprint density at radius 3 is 2.71 bits per heavy atom. The standard InChI is InChI=1S/C12H18BrN/c1-3-4-5-9-14-12-10(2)7-6-8-11(12)13/h6-8,14H,3-5,9H2,1-2H3. The summed E-state index contributed by atoms with van der Waals surface area (Å²) >= 11 is 3.55. The first kappa shape index (κ1) is 11.6. The van der Waals surface area contributed by atoms with Gasteiger partial charge in [0.1, 0.15) is 0 Å². The minimum atomic E-state index is 1.07. The summed E-state index contributed by atoms with van der Waals surface area (Å²) in [4.78, 5) is 0. The zero-order valence-corrected chi connectivity index (χ0v) is 10.5. The Hall–Kier alpha value is -0.500. The van der Waals surface area contributed by atoms with Crippen molar-refractivity contribution in [2.45, 2.75) is 33.1 Å². The third kappa shape index (κ3) is 3.33. The van der Waals surface area contributed by atoms with E-state index < -0.39 is 0 Å². The SMILES string of the molecule is CCCCCNc1c(C)cccc1Br. The summed E-state index contributed by atoms with van der Waals surface area (Å²) in [5.74, 6) is 0. The van der Waals surface area contributed by atoms with Gasteiger partial charge >= 0.3 is 0 Å². The molecule has 0 bridgehead atoms. The number of para-hydroxylation sites is 1. The van der Waals surface area contributed by atoms with E-state index in [2.05, 4.69) is 53.3 Å². The first-order valence-electron chi connectivity index (χ1n) is 5.24. The monoisotopic (exact) mass is 255 g/mol. The van der Waals surface area contributed by atoms with Crippen molar-refractivity contribution >= 4 is 21.6 Å². The molecule has 0 unspecified atom stereocenters. The summed E-state index contributed by atoms with van der Waals surface area (Å²) in [5.41, 5.74) is 2.54. The van der Waals surface area contributed by atoms with Crippen LogP contribution in [0, 0.1) is 6.92 Å². The maximum Gasteiger partial charge on any atom is 0.0514 e. The van der Waals surface area contributed by atoms with Crippen LogP contribution in [0.15, 0.2) is 22.7 Å². The van der Waals surface area contributed by atoms with E-state index in [1.54, 1.807) is 0 Å². The maximum absolute atomic E-state index is 3.55. The summed E-state index contributed by atoms with van der Waals surface area (Å²) in [6.07, 6.45) is 3.82. The highest BCUT2D eigenvalue weighted by molar-refractivity contribution is 9.10. The molecule has 0 aliphatic heterocycles. The van der Waals surface area contributed by atoms with Crippen molar-refractivity contribution in [1.29, 1.82) is 0 Å². The third-order valence-corrected chi connectivity index (χ3v) is 2.96. The van der Waals surface area contributed by atoms with Gasteiger partial charge in [-0.1, -0.05) is 31.9 Å². The van der Waals surface area contributed by atoms with Crippen molar-refractivity contribution in [3.8, 4) is 0 Å². The van der Waals surface area contributed by atoms with E-state index in [1.807, 2.05) is 0 Å². The van der Waals surface area contributed by atoms with Crippen LogP contribution in [0.25, 0.3) is 0 Å². The van der Waals surface area contributed by atoms with Crippen LogP contribution in [-0.2, 0) is 0 Å². The van der Waals surface area contributed by atoms with Gasteiger partial charge in [-0.2, -0.15) is 0 Å². The van der Waals surface area contributed by atoms with E-state index in [0.717, 1.165) is 11.0 Å². The van der Waals surface area contributed by atoms with Crippen LogP contribution >= 0.6 is 15.9 Å². The van der Waals surface area contributed by atoms with E-state index in [9.17, 15) is 0 Å². The largest absolute Gasteiger partial charge is 0.384 e. The van der Waals surface area contributed by atoms with Crippen LogP contribution < -0.4 is 5.32 Å². The summed E-state index contributed by atoms with van der Waals surface area (Å²) in [6.45, 7) is 5.42. The summed E-state index contributed by atoms with van der Waals surface area (Å²) in [7, 11) is 0. The lowest BCUT2D eigenvalue weighted by Crippen LogP contribution is -2.03. The highest BCUT2D eigenvalue weighted by Gasteiger charge is 2.00. The van der Waals surface area contributed by atoms with Crippen LogP contribution in [0.4, 0.5) is 5.69 Å². The van der Waals surface area contributed by atoms with Gasteiger partial charge in [0, 0.05) is 11.0 Å². The highest BCUT2D eigenvalue weighted by Crippen LogP contribution is 2.25. The molecule has 0 spiro atoms. The minimum Gasteiger partial charge on any atom is -0.384 e. The molecule has 0 amide bonds. The number of halogens is 1. The zero-order chi connectivity index (χ0) is 10.4. The number of rotatable bonds is 5. The Morgan fingerprint density at radius 2 is 2.07 bits per heavy atom. The second-order valence-corrected chi connectivity index (χ2v) is 4.42. The van der Waals surface area contributed by atoms with Crippen molar-refractivity contribution in [3.05, 3.63) is 28.2 Å². The van der Waals surface area contributed by atoms with E-state index in [1.165, 1.54) is 30.5 Å². The molecule has 0 aliphatic rings. The molecular weight excluding hydrogens is 238 g/mol. The van der Waals surface area contributed by atoms with Gasteiger partial charge in [0.05, 0.1) is 5.69 Å². The van der Waals surface area contributed by atoms with Gasteiger partial charge in [-0.3, -0.25) is 0 Å². The molecule has 0 aliphatic carbocycles. The lowest BCUT2D eigenvalue weighted by molar-refractivity contribution is 0.743. The maximum atomic E-state index is 3.55. The smallest absolute Gasteiger partial charge is 0.0514 e. The second kappa shape index (κ2) is 6.07. The van der Waals surface area contributed by atoms with Gasteiger partial charge in [0.2, 0.25) is 0 Å². The molecule has 1 aromatic carbocycles. The molecule has 1 N–H and O–H groups in total. The number of unbranched alkanes of at least 4 members (excludes halogenated alkanes) is 2. The van der Waals surface area contributed by atoms with Gasteiger partial charge in [0.25, 0.3) is 0 Å². The first-order valence-corrected chi connectivity index (χ1v) is 6.04. The average Bonchev–Trinajstić information content (AvgIpc) is 2.16. The Morgan fingerprint density at radius 1 is 1.29 bits per heavy atom. The fourth-order valence-electron chi connectivity index (χ4n) is 1.44. The van der Waals surface area contributed by atoms with Crippen LogP contribution in [0.1, 0.15) is 31.7 Å². The van der Waals surface area contributed by atoms with E-state index >= 15 is 0 Å². The Bertz CT molecular complexity index is 263. The molecule has 0 saturated heterocycles. The number of nitrogens with one attached hydrogen (secondary N) is 1. The van der Waals surface area contributed by atoms with Crippen LogP contribution in [0.3, 0.4) is 0 Å². The second-order valence-electron chi connectivity index (χ2n) is 3.57. The van der Waals surface area contributed by atoms with E-state index in [4.69, 9.17) is 0 Å². The summed E-state index contributed by atoms with van der Waals surface area (Å²) < 4.78 is 1.16. The summed E-state index contributed by atoms with van der Waals surface area (Å²) in [5, 5.41) is 3.47. The predicted octanol–water partition coefficient (Wildman–Crippen LogP) is 4.36. The van der Waals surface area contributed by atoms with Crippen molar-refractivity contribution < 1.29 is 0 Å². The number of hydrogen-bond acceptors (Lipinski definition) is 1. The third-order valence-electron chi connectivity index (χ3n) is 2.30. The van der Waals surface area contributed by atoms with E-state index in [0.29, 0.717) is 0 Å². The Balaban J connectivity index is 2.49. The molecule has 0 atom stereocenters.